The maximum absolute atomic E-state index is 12.0. The summed E-state index contributed by atoms with van der Waals surface area (Å²) in [5, 5.41) is 22.9. The molecule has 8 nitrogen and oxygen atoms in total. The zero-order chi connectivity index (χ0) is 20.8. The first-order valence-electron chi connectivity index (χ1n) is 7.98. The van der Waals surface area contributed by atoms with E-state index in [9.17, 15) is 14.9 Å². The summed E-state index contributed by atoms with van der Waals surface area (Å²) in [6, 6.07) is 10.5. The SMILES string of the molecule is O=C(CSc1nnc(COc2ccc(Cl)cc2Cl)s1)Nc1ccc([N+](=O)[O-])cc1. The number of thioether (sulfide) groups is 1. The summed E-state index contributed by atoms with van der Waals surface area (Å²) in [6.07, 6.45) is 0. The number of anilines is 1. The molecular weight excluding hydrogens is 459 g/mol. The highest BCUT2D eigenvalue weighted by Gasteiger charge is 2.11. The van der Waals surface area contributed by atoms with Crippen LogP contribution in [0.4, 0.5) is 11.4 Å². The van der Waals surface area contributed by atoms with Crippen LogP contribution < -0.4 is 10.1 Å². The van der Waals surface area contributed by atoms with E-state index in [0.717, 1.165) is 0 Å². The van der Waals surface area contributed by atoms with Crippen LogP contribution in [-0.2, 0) is 11.4 Å². The number of amides is 1. The summed E-state index contributed by atoms with van der Waals surface area (Å²) in [5.74, 6) is 0.350. The van der Waals surface area contributed by atoms with Gasteiger partial charge >= 0.3 is 0 Å². The molecule has 2 aromatic carbocycles. The van der Waals surface area contributed by atoms with Crippen molar-refractivity contribution in [1.29, 1.82) is 0 Å². The first-order chi connectivity index (χ1) is 13.9. The van der Waals surface area contributed by atoms with Crippen molar-refractivity contribution in [3.8, 4) is 5.75 Å². The molecule has 0 saturated heterocycles. The van der Waals surface area contributed by atoms with Gasteiger partial charge < -0.3 is 10.1 Å². The molecule has 0 unspecified atom stereocenters. The van der Waals surface area contributed by atoms with E-state index in [1.165, 1.54) is 47.4 Å². The number of rotatable bonds is 8. The van der Waals surface area contributed by atoms with Gasteiger partial charge in [-0.25, -0.2) is 0 Å². The normalized spacial score (nSPS) is 10.6. The lowest BCUT2D eigenvalue weighted by Gasteiger charge is -2.05. The number of benzene rings is 2. The molecule has 0 aliphatic heterocycles. The van der Waals surface area contributed by atoms with Crippen molar-refractivity contribution >= 4 is 63.6 Å². The largest absolute Gasteiger partial charge is 0.485 e. The summed E-state index contributed by atoms with van der Waals surface area (Å²) in [7, 11) is 0. The highest BCUT2D eigenvalue weighted by Crippen LogP contribution is 2.29. The molecule has 0 aliphatic carbocycles. The van der Waals surface area contributed by atoms with Crippen molar-refractivity contribution in [3.05, 3.63) is 67.6 Å². The highest BCUT2D eigenvalue weighted by atomic mass is 35.5. The third-order valence-electron chi connectivity index (χ3n) is 3.38. The van der Waals surface area contributed by atoms with E-state index in [-0.39, 0.29) is 24.0 Å². The Balaban J connectivity index is 1.47. The summed E-state index contributed by atoms with van der Waals surface area (Å²) >= 11 is 14.4. The van der Waals surface area contributed by atoms with E-state index in [4.69, 9.17) is 27.9 Å². The van der Waals surface area contributed by atoms with Crippen molar-refractivity contribution in [2.24, 2.45) is 0 Å². The molecule has 0 radical (unpaired) electrons. The van der Waals surface area contributed by atoms with E-state index in [2.05, 4.69) is 15.5 Å². The zero-order valence-electron chi connectivity index (χ0n) is 14.5. The predicted octanol–water partition coefficient (Wildman–Crippen LogP) is 5.06. The van der Waals surface area contributed by atoms with E-state index < -0.39 is 4.92 Å². The van der Waals surface area contributed by atoms with Crippen LogP contribution in [0.2, 0.25) is 10.0 Å². The number of nitro groups is 1. The molecule has 0 aliphatic rings. The molecule has 0 atom stereocenters. The number of nitrogens with one attached hydrogen (secondary N) is 1. The van der Waals surface area contributed by atoms with Crippen LogP contribution in [0.5, 0.6) is 5.75 Å². The zero-order valence-corrected chi connectivity index (χ0v) is 17.6. The van der Waals surface area contributed by atoms with Crippen LogP contribution in [0.3, 0.4) is 0 Å². The van der Waals surface area contributed by atoms with Crippen molar-refractivity contribution < 1.29 is 14.5 Å². The lowest BCUT2D eigenvalue weighted by Crippen LogP contribution is -2.13. The fourth-order valence-electron chi connectivity index (χ4n) is 2.08. The lowest BCUT2D eigenvalue weighted by molar-refractivity contribution is -0.384. The van der Waals surface area contributed by atoms with Gasteiger partial charge in [0.05, 0.1) is 15.7 Å². The van der Waals surface area contributed by atoms with Crippen molar-refractivity contribution in [2.45, 2.75) is 10.9 Å². The minimum Gasteiger partial charge on any atom is -0.485 e. The molecule has 3 aromatic rings. The topological polar surface area (TPSA) is 107 Å². The van der Waals surface area contributed by atoms with Crippen LogP contribution in [0.25, 0.3) is 0 Å². The Hall–Kier alpha value is -2.40. The molecule has 0 saturated carbocycles. The molecule has 1 heterocycles. The number of halogens is 2. The summed E-state index contributed by atoms with van der Waals surface area (Å²) in [6.45, 7) is 0.189. The van der Waals surface area contributed by atoms with Gasteiger partial charge in [-0.05, 0) is 30.3 Å². The minimum absolute atomic E-state index is 0.0409. The monoisotopic (exact) mass is 470 g/mol. The maximum atomic E-state index is 12.0. The predicted molar refractivity (Wildman–Crippen MR) is 113 cm³/mol. The number of hydrogen-bond acceptors (Lipinski definition) is 8. The standard InChI is InChI=1S/C17H12Cl2N4O4S2/c18-10-1-6-14(13(19)7-10)27-8-16-21-22-17(29-16)28-9-15(24)20-11-2-4-12(5-3-11)23(25)26/h1-7H,8-9H2,(H,20,24). The Kier molecular flexibility index (Phi) is 7.26. The number of carbonyl (C=O) groups excluding carboxylic acids is 1. The van der Waals surface area contributed by atoms with Gasteiger partial charge in [0, 0.05) is 22.8 Å². The summed E-state index contributed by atoms with van der Waals surface area (Å²) in [4.78, 5) is 22.2. The molecule has 3 rings (SSSR count). The first kappa shape index (κ1) is 21.3. The third-order valence-corrected chi connectivity index (χ3v) is 5.94. The van der Waals surface area contributed by atoms with Crippen LogP contribution in [0, 0.1) is 10.1 Å². The summed E-state index contributed by atoms with van der Waals surface area (Å²) in [5.41, 5.74) is 0.438. The van der Waals surface area contributed by atoms with Crippen molar-refractivity contribution in [2.75, 3.05) is 11.1 Å². The number of nitrogens with zero attached hydrogens (tertiary/aromatic N) is 3. The molecule has 0 fully saturated rings. The first-order valence-corrected chi connectivity index (χ1v) is 10.5. The Morgan fingerprint density at radius 3 is 2.66 bits per heavy atom. The molecule has 150 valence electrons. The van der Waals surface area contributed by atoms with E-state index >= 15 is 0 Å². The van der Waals surface area contributed by atoms with Crippen LogP contribution in [0.15, 0.2) is 46.8 Å². The second-order valence-corrected chi connectivity index (χ2v) is 8.59. The van der Waals surface area contributed by atoms with Gasteiger partial charge in [-0.1, -0.05) is 46.3 Å². The average Bonchev–Trinajstić information content (AvgIpc) is 3.14. The number of hydrogen-bond donors (Lipinski definition) is 1. The van der Waals surface area contributed by atoms with Gasteiger partial charge in [0.25, 0.3) is 5.69 Å². The molecule has 29 heavy (non-hydrogen) atoms. The fraction of sp³-hybridized carbons (Fsp3) is 0.118. The van der Waals surface area contributed by atoms with Crippen molar-refractivity contribution in [1.82, 2.24) is 10.2 Å². The Labute approximate surface area is 183 Å². The third kappa shape index (κ3) is 6.29. The van der Waals surface area contributed by atoms with Crippen LogP contribution >= 0.6 is 46.3 Å². The molecule has 1 aromatic heterocycles. The van der Waals surface area contributed by atoms with Crippen LogP contribution in [-0.4, -0.2) is 26.8 Å². The quantitative estimate of drug-likeness (QED) is 0.278. The van der Waals surface area contributed by atoms with E-state index in [1.807, 2.05) is 0 Å². The average molecular weight is 471 g/mol. The van der Waals surface area contributed by atoms with Gasteiger partial charge in [-0.3, -0.25) is 14.9 Å². The molecule has 12 heteroatoms. The molecule has 0 spiro atoms. The second kappa shape index (κ2) is 9.88. The smallest absolute Gasteiger partial charge is 0.269 e. The molecule has 0 bridgehead atoms. The molecule has 1 amide bonds. The number of carbonyl (C=O) groups is 1. The highest BCUT2D eigenvalue weighted by molar-refractivity contribution is 8.01. The van der Waals surface area contributed by atoms with Crippen LogP contribution in [0.1, 0.15) is 5.01 Å². The number of aromatic nitrogens is 2. The van der Waals surface area contributed by atoms with Gasteiger partial charge in [0.1, 0.15) is 12.4 Å². The maximum Gasteiger partial charge on any atom is 0.269 e. The fourth-order valence-corrected chi connectivity index (χ4v) is 4.15. The summed E-state index contributed by atoms with van der Waals surface area (Å²) < 4.78 is 6.22. The van der Waals surface area contributed by atoms with Crippen molar-refractivity contribution in [3.63, 3.8) is 0 Å². The molecular formula is C17H12Cl2N4O4S2. The number of nitro benzene ring substituents is 1. The Morgan fingerprint density at radius 2 is 1.97 bits per heavy atom. The molecule has 1 N–H and O–H groups in total. The van der Waals surface area contributed by atoms with Gasteiger partial charge in [-0.15, -0.1) is 10.2 Å². The lowest BCUT2D eigenvalue weighted by atomic mass is 10.3. The van der Waals surface area contributed by atoms with Gasteiger partial charge in [-0.2, -0.15) is 0 Å². The number of ether oxygens (including phenoxy) is 1. The van der Waals surface area contributed by atoms with E-state index in [0.29, 0.717) is 30.8 Å². The number of non-ortho nitro benzene ring substituents is 1. The van der Waals surface area contributed by atoms with E-state index in [1.54, 1.807) is 18.2 Å². The Bertz CT molecular complexity index is 1030. The Morgan fingerprint density at radius 1 is 1.21 bits per heavy atom. The minimum atomic E-state index is -0.501. The van der Waals surface area contributed by atoms with Gasteiger partial charge in [0.15, 0.2) is 9.35 Å². The van der Waals surface area contributed by atoms with Gasteiger partial charge in [0.2, 0.25) is 5.91 Å². The second-order valence-electron chi connectivity index (χ2n) is 5.47.